The number of amides is 1. The molecule has 0 unspecified atom stereocenters. The fourth-order valence-corrected chi connectivity index (χ4v) is 3.81. The number of halogens is 1. The zero-order valence-corrected chi connectivity index (χ0v) is 15.3. The first-order chi connectivity index (χ1) is 11.0. The van der Waals surface area contributed by atoms with Crippen LogP contribution in [-0.2, 0) is 11.8 Å². The SMILES string of the molecule is Cn1c(SCC(=O)Nc2ccc(Br)cc2)nc2sccc2c1=O. The Morgan fingerprint density at radius 2 is 2.09 bits per heavy atom. The molecule has 3 aromatic rings. The number of nitrogens with one attached hydrogen (secondary N) is 1. The zero-order valence-electron chi connectivity index (χ0n) is 12.1. The van der Waals surface area contributed by atoms with E-state index in [2.05, 4.69) is 26.2 Å². The van der Waals surface area contributed by atoms with Crippen LogP contribution in [0.2, 0.25) is 0 Å². The molecule has 0 aliphatic rings. The van der Waals surface area contributed by atoms with Crippen molar-refractivity contribution in [3.63, 3.8) is 0 Å². The van der Waals surface area contributed by atoms with Gasteiger partial charge in [-0.25, -0.2) is 4.98 Å². The van der Waals surface area contributed by atoms with Crippen molar-refractivity contribution in [1.82, 2.24) is 9.55 Å². The van der Waals surface area contributed by atoms with E-state index in [1.165, 1.54) is 27.7 Å². The fraction of sp³-hybridized carbons (Fsp3) is 0.133. The Hall–Kier alpha value is -1.64. The third kappa shape index (κ3) is 3.65. The van der Waals surface area contributed by atoms with E-state index >= 15 is 0 Å². The Kier molecular flexibility index (Phi) is 4.84. The Morgan fingerprint density at radius 3 is 2.83 bits per heavy atom. The van der Waals surface area contributed by atoms with Crippen molar-refractivity contribution in [3.8, 4) is 0 Å². The van der Waals surface area contributed by atoms with E-state index in [0.29, 0.717) is 15.4 Å². The Morgan fingerprint density at radius 1 is 1.35 bits per heavy atom. The third-order valence-electron chi connectivity index (χ3n) is 3.12. The highest BCUT2D eigenvalue weighted by Crippen LogP contribution is 2.21. The van der Waals surface area contributed by atoms with Gasteiger partial charge in [0, 0.05) is 17.2 Å². The molecule has 0 radical (unpaired) electrons. The van der Waals surface area contributed by atoms with Crippen LogP contribution in [0.3, 0.4) is 0 Å². The summed E-state index contributed by atoms with van der Waals surface area (Å²) in [5.41, 5.74) is 0.640. The Balaban J connectivity index is 1.70. The van der Waals surface area contributed by atoms with Crippen LogP contribution in [0.15, 0.2) is 50.1 Å². The molecule has 0 saturated carbocycles. The number of carbonyl (C=O) groups excluding carboxylic acids is 1. The molecular formula is C15H12BrN3O2S2. The molecule has 1 aromatic carbocycles. The van der Waals surface area contributed by atoms with Crippen LogP contribution in [0.1, 0.15) is 0 Å². The summed E-state index contributed by atoms with van der Waals surface area (Å²) in [4.78, 5) is 29.4. The number of aromatic nitrogens is 2. The minimum atomic E-state index is -0.141. The summed E-state index contributed by atoms with van der Waals surface area (Å²) in [5, 5.41) is 5.80. The summed E-state index contributed by atoms with van der Waals surface area (Å²) in [6.45, 7) is 0. The molecule has 2 aromatic heterocycles. The molecule has 0 aliphatic carbocycles. The number of hydrogen-bond acceptors (Lipinski definition) is 5. The standard InChI is InChI=1S/C15H12BrN3O2S2/c1-19-14(21)11-6-7-22-13(11)18-15(19)23-8-12(20)17-10-4-2-9(16)3-5-10/h2-7H,8H2,1H3,(H,17,20). The van der Waals surface area contributed by atoms with Gasteiger partial charge in [-0.05, 0) is 35.7 Å². The molecule has 0 spiro atoms. The van der Waals surface area contributed by atoms with Crippen LogP contribution in [0.5, 0.6) is 0 Å². The van der Waals surface area contributed by atoms with Crippen molar-refractivity contribution in [2.45, 2.75) is 5.16 Å². The number of anilines is 1. The molecule has 0 saturated heterocycles. The highest BCUT2D eigenvalue weighted by Gasteiger charge is 2.11. The van der Waals surface area contributed by atoms with Gasteiger partial charge in [0.2, 0.25) is 5.91 Å². The van der Waals surface area contributed by atoms with E-state index < -0.39 is 0 Å². The van der Waals surface area contributed by atoms with Gasteiger partial charge in [0.15, 0.2) is 5.16 Å². The maximum absolute atomic E-state index is 12.2. The summed E-state index contributed by atoms with van der Waals surface area (Å²) < 4.78 is 2.43. The van der Waals surface area contributed by atoms with Crippen molar-refractivity contribution < 1.29 is 4.79 Å². The minimum absolute atomic E-state index is 0.0907. The molecule has 1 amide bonds. The van der Waals surface area contributed by atoms with Crippen LogP contribution in [-0.4, -0.2) is 21.2 Å². The lowest BCUT2D eigenvalue weighted by Crippen LogP contribution is -2.20. The average Bonchev–Trinajstić information content (AvgIpc) is 3.00. The van der Waals surface area contributed by atoms with Gasteiger partial charge < -0.3 is 5.32 Å². The van der Waals surface area contributed by atoms with Gasteiger partial charge in [0.25, 0.3) is 5.56 Å². The van der Waals surface area contributed by atoms with Crippen LogP contribution in [0, 0.1) is 0 Å². The predicted octanol–water partition coefficient (Wildman–Crippen LogP) is 3.49. The highest BCUT2D eigenvalue weighted by atomic mass is 79.9. The van der Waals surface area contributed by atoms with Crippen LogP contribution in [0.25, 0.3) is 10.2 Å². The molecule has 1 N–H and O–H groups in total. The highest BCUT2D eigenvalue weighted by molar-refractivity contribution is 9.10. The second kappa shape index (κ2) is 6.86. The van der Waals surface area contributed by atoms with Gasteiger partial charge in [-0.15, -0.1) is 11.3 Å². The minimum Gasteiger partial charge on any atom is -0.325 e. The van der Waals surface area contributed by atoms with Crippen LogP contribution in [0.4, 0.5) is 5.69 Å². The topological polar surface area (TPSA) is 64.0 Å². The fourth-order valence-electron chi connectivity index (χ4n) is 1.97. The first-order valence-corrected chi connectivity index (χ1v) is 9.33. The lowest BCUT2D eigenvalue weighted by Gasteiger charge is -2.08. The van der Waals surface area contributed by atoms with Gasteiger partial charge >= 0.3 is 0 Å². The van der Waals surface area contributed by atoms with Gasteiger partial charge in [-0.1, -0.05) is 27.7 Å². The second-order valence-electron chi connectivity index (χ2n) is 4.74. The van der Waals surface area contributed by atoms with Gasteiger partial charge in [-0.3, -0.25) is 14.2 Å². The number of thiophene rings is 1. The monoisotopic (exact) mass is 409 g/mol. The molecular weight excluding hydrogens is 398 g/mol. The molecule has 0 bridgehead atoms. The number of thioether (sulfide) groups is 1. The maximum Gasteiger partial charge on any atom is 0.262 e. The molecule has 0 atom stereocenters. The normalized spacial score (nSPS) is 10.9. The molecule has 0 aliphatic heterocycles. The smallest absolute Gasteiger partial charge is 0.262 e. The second-order valence-corrected chi connectivity index (χ2v) is 7.49. The van der Waals surface area contributed by atoms with Gasteiger partial charge in [0.05, 0.1) is 11.1 Å². The molecule has 0 fully saturated rings. The number of fused-ring (bicyclic) bond motifs is 1. The molecule has 3 rings (SSSR count). The summed E-state index contributed by atoms with van der Waals surface area (Å²) in [6, 6.07) is 9.12. The van der Waals surface area contributed by atoms with Crippen LogP contribution < -0.4 is 10.9 Å². The quantitative estimate of drug-likeness (QED) is 0.528. The first kappa shape index (κ1) is 16.2. The number of carbonyl (C=O) groups is 1. The van der Waals surface area contributed by atoms with E-state index in [9.17, 15) is 9.59 Å². The van der Waals surface area contributed by atoms with E-state index in [4.69, 9.17) is 0 Å². The summed E-state index contributed by atoms with van der Waals surface area (Å²) >= 11 is 6.01. The van der Waals surface area contributed by atoms with Crippen molar-refractivity contribution in [2.75, 3.05) is 11.1 Å². The molecule has 2 heterocycles. The van der Waals surface area contributed by atoms with Gasteiger partial charge in [-0.2, -0.15) is 0 Å². The van der Waals surface area contributed by atoms with Crippen molar-refractivity contribution in [2.24, 2.45) is 7.05 Å². The van der Waals surface area contributed by atoms with E-state index in [0.717, 1.165) is 10.2 Å². The van der Waals surface area contributed by atoms with Gasteiger partial charge in [0.1, 0.15) is 4.83 Å². The molecule has 23 heavy (non-hydrogen) atoms. The molecule has 8 heteroatoms. The lowest BCUT2D eigenvalue weighted by molar-refractivity contribution is -0.113. The predicted molar refractivity (Wildman–Crippen MR) is 98.4 cm³/mol. The number of nitrogens with zero attached hydrogens (tertiary/aromatic N) is 2. The molecule has 5 nitrogen and oxygen atoms in total. The van der Waals surface area contributed by atoms with Crippen molar-refractivity contribution in [3.05, 3.63) is 50.5 Å². The number of rotatable bonds is 4. The van der Waals surface area contributed by atoms with E-state index in [-0.39, 0.29) is 17.2 Å². The lowest BCUT2D eigenvalue weighted by atomic mass is 10.3. The Labute approximate surface area is 148 Å². The third-order valence-corrected chi connectivity index (χ3v) is 5.49. The summed E-state index contributed by atoms with van der Waals surface area (Å²) in [6.07, 6.45) is 0. The molecule has 118 valence electrons. The number of benzene rings is 1. The number of hydrogen-bond donors (Lipinski definition) is 1. The van der Waals surface area contributed by atoms with Crippen molar-refractivity contribution in [1.29, 1.82) is 0 Å². The maximum atomic E-state index is 12.2. The Bertz CT molecular complexity index is 919. The van der Waals surface area contributed by atoms with Crippen molar-refractivity contribution >= 4 is 60.8 Å². The van der Waals surface area contributed by atoms with Crippen LogP contribution >= 0.6 is 39.0 Å². The van der Waals surface area contributed by atoms with E-state index in [1.54, 1.807) is 13.1 Å². The summed E-state index contributed by atoms with van der Waals surface area (Å²) in [5.74, 6) is 0.0468. The van der Waals surface area contributed by atoms with E-state index in [1.807, 2.05) is 29.6 Å². The zero-order chi connectivity index (χ0) is 16.4. The first-order valence-electron chi connectivity index (χ1n) is 6.67. The largest absolute Gasteiger partial charge is 0.325 e. The average molecular weight is 410 g/mol. The summed E-state index contributed by atoms with van der Waals surface area (Å²) in [7, 11) is 1.67.